The van der Waals surface area contributed by atoms with E-state index in [0.29, 0.717) is 17.1 Å². The number of thioether (sulfide) groups is 1. The van der Waals surface area contributed by atoms with Crippen LogP contribution in [-0.4, -0.2) is 44.6 Å². The van der Waals surface area contributed by atoms with Crippen molar-refractivity contribution in [2.24, 2.45) is 10.2 Å². The van der Waals surface area contributed by atoms with Crippen LogP contribution in [0.15, 0.2) is 27.3 Å². The fraction of sp³-hybridized carbons (Fsp3) is 0.200. The minimum Gasteiger partial charge on any atom is -0.493 e. The lowest BCUT2D eigenvalue weighted by molar-refractivity contribution is -0.135. The number of rotatable bonds is 5. The summed E-state index contributed by atoms with van der Waals surface area (Å²) in [5.74, 6) is -0.436. The van der Waals surface area contributed by atoms with Gasteiger partial charge in [0.05, 0.1) is 42.5 Å². The summed E-state index contributed by atoms with van der Waals surface area (Å²) < 4.78 is 14.8. The van der Waals surface area contributed by atoms with Crippen LogP contribution in [0, 0.1) is 0 Å². The van der Waals surface area contributed by atoms with E-state index in [0.717, 1.165) is 17.8 Å². The first kappa shape index (κ1) is 20.1. The molecule has 0 atom stereocenters. The van der Waals surface area contributed by atoms with Crippen LogP contribution in [0.3, 0.4) is 0 Å². The zero-order chi connectivity index (χ0) is 19.3. The summed E-state index contributed by atoms with van der Waals surface area (Å²) in [6, 6.07) is 1.53. The summed E-state index contributed by atoms with van der Waals surface area (Å²) in [5.41, 5.74) is 0.370. The van der Waals surface area contributed by atoms with Gasteiger partial charge in [-0.1, -0.05) is 23.2 Å². The predicted molar refractivity (Wildman–Crippen MR) is 100 cm³/mol. The molecule has 26 heavy (non-hydrogen) atoms. The van der Waals surface area contributed by atoms with E-state index in [2.05, 4.69) is 20.3 Å². The summed E-state index contributed by atoms with van der Waals surface area (Å²) in [4.78, 5) is 23.1. The summed E-state index contributed by atoms with van der Waals surface area (Å²) in [6.07, 6.45) is 2.38. The lowest BCUT2D eigenvalue weighted by Gasteiger charge is -2.12. The van der Waals surface area contributed by atoms with Crippen LogP contribution in [0.2, 0.25) is 10.0 Å². The third-order valence-corrected chi connectivity index (χ3v) is 4.62. The van der Waals surface area contributed by atoms with Crippen molar-refractivity contribution in [1.82, 2.24) is 5.32 Å². The van der Waals surface area contributed by atoms with E-state index in [1.165, 1.54) is 33.6 Å². The Morgan fingerprint density at radius 2 is 2.00 bits per heavy atom. The van der Waals surface area contributed by atoms with Crippen LogP contribution < -0.4 is 14.8 Å². The third-order valence-electron chi connectivity index (χ3n) is 3.04. The first-order valence-electron chi connectivity index (χ1n) is 6.91. The molecule has 1 heterocycles. The molecule has 0 unspecified atom stereocenters. The molecule has 2 rings (SSSR count). The molecule has 0 spiro atoms. The van der Waals surface area contributed by atoms with Gasteiger partial charge in [0, 0.05) is 17.7 Å². The zero-order valence-electron chi connectivity index (χ0n) is 13.8. The van der Waals surface area contributed by atoms with Crippen molar-refractivity contribution in [1.29, 1.82) is 0 Å². The first-order chi connectivity index (χ1) is 12.4. The van der Waals surface area contributed by atoms with Crippen molar-refractivity contribution in [3.63, 3.8) is 0 Å². The van der Waals surface area contributed by atoms with Gasteiger partial charge in [0.1, 0.15) is 0 Å². The molecular weight excluding hydrogens is 405 g/mol. The quantitative estimate of drug-likeness (QED) is 0.342. The van der Waals surface area contributed by atoms with Crippen molar-refractivity contribution >= 4 is 58.2 Å². The van der Waals surface area contributed by atoms with Crippen LogP contribution in [0.4, 0.5) is 0 Å². The minimum absolute atomic E-state index is 0.146. The van der Waals surface area contributed by atoms with Gasteiger partial charge in [0.15, 0.2) is 16.7 Å². The molecule has 1 aliphatic heterocycles. The Hall–Kier alpha value is -2.23. The smallest absolute Gasteiger partial charge is 0.331 e. The Balaban J connectivity index is 2.24. The second kappa shape index (κ2) is 8.93. The SMILES string of the molecule is COC(=O)/C=C1/S/C(=N\N=Cc2c(Cl)cc(OC)c(OC)c2Cl)NC1=O. The van der Waals surface area contributed by atoms with E-state index in [1.807, 2.05) is 0 Å². The number of carbonyl (C=O) groups excluding carboxylic acids is 2. The number of amidine groups is 1. The predicted octanol–water partition coefficient (Wildman–Crippen LogP) is 2.62. The molecule has 0 bridgehead atoms. The normalized spacial score (nSPS) is 17.0. The van der Waals surface area contributed by atoms with Gasteiger partial charge in [-0.25, -0.2) is 4.79 Å². The topological polar surface area (TPSA) is 98.6 Å². The number of nitrogens with one attached hydrogen (secondary N) is 1. The highest BCUT2D eigenvalue weighted by Gasteiger charge is 2.25. The fourth-order valence-electron chi connectivity index (χ4n) is 1.83. The van der Waals surface area contributed by atoms with Crippen LogP contribution in [0.25, 0.3) is 0 Å². The highest BCUT2D eigenvalue weighted by atomic mass is 35.5. The molecule has 1 aliphatic rings. The van der Waals surface area contributed by atoms with Crippen LogP contribution >= 0.6 is 35.0 Å². The van der Waals surface area contributed by atoms with Gasteiger partial charge in [-0.15, -0.1) is 5.10 Å². The van der Waals surface area contributed by atoms with Gasteiger partial charge in [0.2, 0.25) is 0 Å². The van der Waals surface area contributed by atoms with E-state index in [4.69, 9.17) is 32.7 Å². The van der Waals surface area contributed by atoms with Crippen molar-refractivity contribution in [3.8, 4) is 11.5 Å². The maximum atomic E-state index is 11.7. The van der Waals surface area contributed by atoms with E-state index in [1.54, 1.807) is 0 Å². The van der Waals surface area contributed by atoms with Crippen molar-refractivity contribution in [3.05, 3.63) is 32.7 Å². The number of carbonyl (C=O) groups is 2. The molecule has 1 aromatic rings. The van der Waals surface area contributed by atoms with Crippen molar-refractivity contribution in [2.75, 3.05) is 21.3 Å². The maximum absolute atomic E-state index is 11.7. The van der Waals surface area contributed by atoms with E-state index in [-0.39, 0.29) is 20.1 Å². The van der Waals surface area contributed by atoms with Crippen LogP contribution in [0.1, 0.15) is 5.56 Å². The molecule has 0 aliphatic carbocycles. The highest BCUT2D eigenvalue weighted by Crippen LogP contribution is 2.40. The Labute approximate surface area is 163 Å². The highest BCUT2D eigenvalue weighted by molar-refractivity contribution is 8.18. The fourth-order valence-corrected chi connectivity index (χ4v) is 3.18. The Bertz CT molecular complexity index is 839. The van der Waals surface area contributed by atoms with Crippen LogP contribution in [0.5, 0.6) is 11.5 Å². The molecule has 0 radical (unpaired) electrons. The number of halogens is 2. The van der Waals surface area contributed by atoms with Crippen molar-refractivity contribution in [2.45, 2.75) is 0 Å². The molecule has 1 N–H and O–H groups in total. The van der Waals surface area contributed by atoms with Gasteiger partial charge in [0.25, 0.3) is 5.91 Å². The summed E-state index contributed by atoms with van der Waals surface area (Å²) in [5, 5.41) is 10.9. The number of esters is 1. The zero-order valence-corrected chi connectivity index (χ0v) is 16.2. The molecule has 11 heteroatoms. The third kappa shape index (κ3) is 4.48. The summed E-state index contributed by atoms with van der Waals surface area (Å²) in [7, 11) is 4.12. The first-order valence-corrected chi connectivity index (χ1v) is 8.48. The largest absolute Gasteiger partial charge is 0.493 e. The molecule has 1 saturated heterocycles. The average Bonchev–Trinajstić information content (AvgIpc) is 2.96. The average molecular weight is 418 g/mol. The van der Waals surface area contributed by atoms with Gasteiger partial charge in [-0.2, -0.15) is 5.10 Å². The van der Waals surface area contributed by atoms with E-state index >= 15 is 0 Å². The molecule has 8 nitrogen and oxygen atoms in total. The number of nitrogens with zero attached hydrogens (tertiary/aromatic N) is 2. The molecule has 0 aromatic heterocycles. The van der Waals surface area contributed by atoms with Gasteiger partial charge in [-0.05, 0) is 11.8 Å². The number of hydrogen-bond donors (Lipinski definition) is 1. The lowest BCUT2D eigenvalue weighted by Crippen LogP contribution is -2.19. The Morgan fingerprint density at radius 1 is 1.27 bits per heavy atom. The molecule has 1 fully saturated rings. The van der Waals surface area contributed by atoms with Crippen LogP contribution in [-0.2, 0) is 14.3 Å². The van der Waals surface area contributed by atoms with E-state index < -0.39 is 11.9 Å². The minimum atomic E-state index is -0.642. The number of benzene rings is 1. The second-order valence-corrected chi connectivity index (χ2v) is 6.38. The van der Waals surface area contributed by atoms with Gasteiger partial charge in [-0.3, -0.25) is 10.1 Å². The summed E-state index contributed by atoms with van der Waals surface area (Å²) >= 11 is 13.4. The Kier molecular flexibility index (Phi) is 6.90. The number of ether oxygens (including phenoxy) is 3. The summed E-state index contributed by atoms with van der Waals surface area (Å²) in [6.45, 7) is 0. The van der Waals surface area contributed by atoms with Gasteiger partial charge < -0.3 is 14.2 Å². The lowest BCUT2D eigenvalue weighted by atomic mass is 10.2. The second-order valence-electron chi connectivity index (χ2n) is 4.56. The molecular formula is C15H13Cl2N3O5S. The standard InChI is InChI=1S/C15H13Cl2N3O5S/c1-23-9-4-8(16)7(12(17)13(9)25-3)6-18-20-15-19-14(22)10(26-15)5-11(21)24-2/h4-6H,1-3H3,(H,19,20,22)/b10-5+,18-6?. The number of amides is 1. The van der Waals surface area contributed by atoms with E-state index in [9.17, 15) is 9.59 Å². The monoisotopic (exact) mass is 417 g/mol. The molecule has 1 amide bonds. The molecule has 1 aromatic carbocycles. The molecule has 138 valence electrons. The molecule has 0 saturated carbocycles. The number of methoxy groups -OCH3 is 3. The maximum Gasteiger partial charge on any atom is 0.331 e. The Morgan fingerprint density at radius 3 is 2.62 bits per heavy atom. The number of hydrogen-bond acceptors (Lipinski definition) is 8. The van der Waals surface area contributed by atoms with Gasteiger partial charge >= 0.3 is 5.97 Å². The van der Waals surface area contributed by atoms with Crippen molar-refractivity contribution < 1.29 is 23.8 Å².